The van der Waals surface area contributed by atoms with Crippen LogP contribution in [0.3, 0.4) is 0 Å². The number of para-hydroxylation sites is 2. The fraction of sp³-hybridized carbons (Fsp3) is 0. The summed E-state index contributed by atoms with van der Waals surface area (Å²) in [4.78, 5) is 0. The molecule has 0 saturated carbocycles. The van der Waals surface area contributed by atoms with E-state index in [0.717, 1.165) is 28.1 Å². The fourth-order valence-electron chi connectivity index (χ4n) is 4.61. The van der Waals surface area contributed by atoms with Crippen molar-refractivity contribution < 1.29 is 0 Å². The van der Waals surface area contributed by atoms with Crippen LogP contribution in [-0.4, -0.2) is 4.57 Å². The van der Waals surface area contributed by atoms with Crippen molar-refractivity contribution in [2.75, 3.05) is 5.32 Å². The number of halogens is 1. The largest absolute Gasteiger partial charge is 0.354 e. The van der Waals surface area contributed by atoms with Crippen LogP contribution < -0.4 is 5.32 Å². The molecular formula is C30H21ClN2. The van der Waals surface area contributed by atoms with E-state index in [-0.39, 0.29) is 0 Å². The Labute approximate surface area is 197 Å². The number of aromatic nitrogens is 1. The van der Waals surface area contributed by atoms with Crippen LogP contribution >= 0.6 is 11.6 Å². The number of hydrogen-bond donors (Lipinski definition) is 1. The van der Waals surface area contributed by atoms with Crippen molar-refractivity contribution in [3.63, 3.8) is 0 Å². The molecule has 0 amide bonds. The summed E-state index contributed by atoms with van der Waals surface area (Å²) < 4.78 is 2.34. The highest BCUT2D eigenvalue weighted by atomic mass is 35.5. The molecule has 6 rings (SSSR count). The SMILES string of the molecule is Clc1cccc(Nc2c(-c3ccccc3)ccc3c2c2ccccc2n3-c2ccccc2)c1. The minimum absolute atomic E-state index is 0.708. The summed E-state index contributed by atoms with van der Waals surface area (Å²) in [6, 6.07) is 42.0. The zero-order valence-corrected chi connectivity index (χ0v) is 18.6. The molecule has 33 heavy (non-hydrogen) atoms. The zero-order valence-electron chi connectivity index (χ0n) is 17.9. The van der Waals surface area contributed by atoms with Crippen LogP contribution in [0.2, 0.25) is 5.02 Å². The number of hydrogen-bond acceptors (Lipinski definition) is 1. The van der Waals surface area contributed by atoms with E-state index in [1.54, 1.807) is 0 Å². The predicted octanol–water partition coefficient (Wildman–Crippen LogP) is 8.85. The first-order chi connectivity index (χ1) is 16.3. The average Bonchev–Trinajstić information content (AvgIpc) is 3.20. The van der Waals surface area contributed by atoms with Gasteiger partial charge >= 0.3 is 0 Å². The van der Waals surface area contributed by atoms with E-state index >= 15 is 0 Å². The maximum absolute atomic E-state index is 6.32. The van der Waals surface area contributed by atoms with Crippen LogP contribution in [0.5, 0.6) is 0 Å². The number of fused-ring (bicyclic) bond motifs is 3. The van der Waals surface area contributed by atoms with Crippen LogP contribution in [0.4, 0.5) is 11.4 Å². The molecule has 1 N–H and O–H groups in total. The van der Waals surface area contributed by atoms with Crippen molar-refractivity contribution in [3.8, 4) is 16.8 Å². The van der Waals surface area contributed by atoms with Gasteiger partial charge in [0.25, 0.3) is 0 Å². The summed E-state index contributed by atoms with van der Waals surface area (Å²) in [5, 5.41) is 6.82. The summed E-state index contributed by atoms with van der Waals surface area (Å²) in [6.45, 7) is 0. The van der Waals surface area contributed by atoms with Crippen molar-refractivity contribution in [1.82, 2.24) is 4.57 Å². The predicted molar refractivity (Wildman–Crippen MR) is 141 cm³/mol. The van der Waals surface area contributed by atoms with Gasteiger partial charge in [-0.05, 0) is 48.0 Å². The standard InChI is InChI=1S/C30H21ClN2/c31-22-12-9-13-23(20-22)32-30-25(21-10-3-1-4-11-21)18-19-28-29(30)26-16-7-8-17-27(26)33(28)24-14-5-2-6-15-24/h1-20,32H. The number of nitrogens with zero attached hydrogens (tertiary/aromatic N) is 1. The van der Waals surface area contributed by atoms with Crippen LogP contribution in [0.25, 0.3) is 38.6 Å². The van der Waals surface area contributed by atoms with Gasteiger partial charge in [-0.15, -0.1) is 0 Å². The highest BCUT2D eigenvalue weighted by Gasteiger charge is 2.18. The van der Waals surface area contributed by atoms with Crippen LogP contribution in [0.15, 0.2) is 121 Å². The molecule has 3 heteroatoms. The highest BCUT2D eigenvalue weighted by Crippen LogP contribution is 2.43. The van der Waals surface area contributed by atoms with E-state index in [0.29, 0.717) is 5.02 Å². The lowest BCUT2D eigenvalue weighted by molar-refractivity contribution is 1.18. The minimum atomic E-state index is 0.708. The van der Waals surface area contributed by atoms with E-state index < -0.39 is 0 Å². The van der Waals surface area contributed by atoms with Gasteiger partial charge in [-0.25, -0.2) is 0 Å². The Balaban J connectivity index is 1.72. The highest BCUT2D eigenvalue weighted by molar-refractivity contribution is 6.31. The van der Waals surface area contributed by atoms with Crippen molar-refractivity contribution in [3.05, 3.63) is 126 Å². The third kappa shape index (κ3) is 3.45. The third-order valence-corrected chi connectivity index (χ3v) is 6.27. The van der Waals surface area contributed by atoms with Crippen molar-refractivity contribution in [1.29, 1.82) is 0 Å². The summed E-state index contributed by atoms with van der Waals surface area (Å²) in [5.41, 5.74) is 7.84. The summed E-state index contributed by atoms with van der Waals surface area (Å²) in [6.07, 6.45) is 0. The van der Waals surface area contributed by atoms with E-state index in [9.17, 15) is 0 Å². The van der Waals surface area contributed by atoms with E-state index in [2.05, 4.69) is 107 Å². The first-order valence-electron chi connectivity index (χ1n) is 11.0. The summed E-state index contributed by atoms with van der Waals surface area (Å²) >= 11 is 6.32. The molecule has 6 aromatic rings. The molecule has 0 atom stereocenters. The van der Waals surface area contributed by atoms with Gasteiger partial charge in [0.1, 0.15) is 0 Å². The van der Waals surface area contributed by atoms with Crippen molar-refractivity contribution in [2.24, 2.45) is 0 Å². The molecule has 1 heterocycles. The Hall–Kier alpha value is -4.01. The first kappa shape index (κ1) is 19.7. The Morgan fingerprint density at radius 1 is 0.606 bits per heavy atom. The lowest BCUT2D eigenvalue weighted by Gasteiger charge is -2.16. The van der Waals surface area contributed by atoms with Gasteiger partial charge in [0, 0.05) is 32.7 Å². The lowest BCUT2D eigenvalue weighted by Crippen LogP contribution is -1.96. The summed E-state index contributed by atoms with van der Waals surface area (Å²) in [5.74, 6) is 0. The van der Waals surface area contributed by atoms with Crippen LogP contribution in [-0.2, 0) is 0 Å². The maximum atomic E-state index is 6.32. The maximum Gasteiger partial charge on any atom is 0.0565 e. The minimum Gasteiger partial charge on any atom is -0.354 e. The second kappa shape index (κ2) is 8.16. The van der Waals surface area contributed by atoms with Gasteiger partial charge in [0.05, 0.1) is 16.7 Å². The van der Waals surface area contributed by atoms with E-state index in [1.165, 1.54) is 21.9 Å². The second-order valence-corrected chi connectivity index (χ2v) is 8.51. The Kier molecular flexibility index (Phi) is 4.86. The molecule has 0 aliphatic carbocycles. The Bertz CT molecular complexity index is 1580. The molecule has 2 nitrogen and oxygen atoms in total. The monoisotopic (exact) mass is 444 g/mol. The normalized spacial score (nSPS) is 11.2. The van der Waals surface area contributed by atoms with E-state index in [4.69, 9.17) is 11.6 Å². The molecular weight excluding hydrogens is 424 g/mol. The summed E-state index contributed by atoms with van der Waals surface area (Å²) in [7, 11) is 0. The van der Waals surface area contributed by atoms with Crippen LogP contribution in [0.1, 0.15) is 0 Å². The van der Waals surface area contributed by atoms with Gasteiger partial charge < -0.3 is 9.88 Å². The molecule has 0 saturated heterocycles. The number of nitrogens with one attached hydrogen (secondary N) is 1. The molecule has 0 aliphatic heterocycles. The fourth-order valence-corrected chi connectivity index (χ4v) is 4.80. The quantitative estimate of drug-likeness (QED) is 0.287. The Morgan fingerprint density at radius 3 is 2.12 bits per heavy atom. The van der Waals surface area contributed by atoms with Gasteiger partial charge in [0.15, 0.2) is 0 Å². The topological polar surface area (TPSA) is 17.0 Å². The number of anilines is 2. The molecule has 0 fully saturated rings. The van der Waals surface area contributed by atoms with Crippen molar-refractivity contribution >= 4 is 44.8 Å². The van der Waals surface area contributed by atoms with Gasteiger partial charge in [-0.1, -0.05) is 90.5 Å². The Morgan fingerprint density at radius 2 is 1.33 bits per heavy atom. The molecule has 0 unspecified atom stereocenters. The van der Waals surface area contributed by atoms with Gasteiger partial charge in [-0.2, -0.15) is 0 Å². The smallest absolute Gasteiger partial charge is 0.0565 e. The molecule has 0 radical (unpaired) electrons. The molecule has 0 aliphatic rings. The van der Waals surface area contributed by atoms with Crippen molar-refractivity contribution in [2.45, 2.75) is 0 Å². The number of benzene rings is 5. The lowest BCUT2D eigenvalue weighted by atomic mass is 9.99. The average molecular weight is 445 g/mol. The van der Waals surface area contributed by atoms with Gasteiger partial charge in [0.2, 0.25) is 0 Å². The zero-order chi connectivity index (χ0) is 22.2. The second-order valence-electron chi connectivity index (χ2n) is 8.07. The first-order valence-corrected chi connectivity index (χ1v) is 11.4. The van der Waals surface area contributed by atoms with E-state index in [1.807, 2.05) is 24.3 Å². The molecule has 5 aromatic carbocycles. The third-order valence-electron chi connectivity index (χ3n) is 6.03. The molecule has 0 spiro atoms. The molecule has 0 bridgehead atoms. The molecule has 1 aromatic heterocycles. The number of rotatable bonds is 4. The molecule has 158 valence electrons. The van der Waals surface area contributed by atoms with Gasteiger partial charge in [-0.3, -0.25) is 0 Å². The van der Waals surface area contributed by atoms with Crippen LogP contribution in [0, 0.1) is 0 Å².